The van der Waals surface area contributed by atoms with E-state index in [0.29, 0.717) is 30.5 Å². The average Bonchev–Trinajstić information content (AvgIpc) is 2.85. The smallest absolute Gasteiger partial charge is 0.155 e. The Hall–Kier alpha value is -1.25. The first-order valence-corrected chi connectivity index (χ1v) is 10.8. The third kappa shape index (κ3) is 2.63. The molecule has 1 unspecified atom stereocenters. The Balaban J connectivity index is 1.74. The minimum atomic E-state index is -0.399. The van der Waals surface area contributed by atoms with Crippen molar-refractivity contribution in [2.24, 2.45) is 39.9 Å². The zero-order valence-corrected chi connectivity index (χ0v) is 17.6. The zero-order chi connectivity index (χ0) is 19.8. The maximum atomic E-state index is 13.3. The summed E-state index contributed by atoms with van der Waals surface area (Å²) >= 11 is 0. The molecule has 3 saturated carbocycles. The molecule has 0 aromatic rings. The number of rotatable bonds is 1. The molecule has 0 N–H and O–H groups in total. The van der Waals surface area contributed by atoms with Crippen LogP contribution in [-0.2, 0) is 14.4 Å². The second-order valence-electron chi connectivity index (χ2n) is 11.2. The first-order valence-electron chi connectivity index (χ1n) is 10.8. The standard InChI is InChI=1S/C24H34O3/c1-22(2,3)21(27)17-13-19(26)24(5)11-9-18-16(20(17)24)7-6-14-12-15(25)8-10-23(14,18)4/h12,16-18,20H,6-11,13H2,1-5H3/t16-,17?,18-,20-,23+,24-/m1/s1. The molecule has 0 radical (unpaired) electrons. The van der Waals surface area contributed by atoms with Gasteiger partial charge in [0.2, 0.25) is 0 Å². The Bertz CT molecular complexity index is 739. The van der Waals surface area contributed by atoms with Crippen molar-refractivity contribution in [3.8, 4) is 0 Å². The van der Waals surface area contributed by atoms with Crippen LogP contribution in [0.15, 0.2) is 11.6 Å². The number of hydrogen-bond donors (Lipinski definition) is 0. The van der Waals surface area contributed by atoms with E-state index in [0.717, 1.165) is 32.1 Å². The lowest BCUT2D eigenvalue weighted by Gasteiger charge is -2.57. The van der Waals surface area contributed by atoms with Crippen molar-refractivity contribution in [2.75, 3.05) is 0 Å². The SMILES string of the molecule is CC(C)(C)C(=O)C1CC(=O)[C@@]2(C)CC[C@@H]3[C@@H](CCC4=CC(=O)CC[C@@]43C)[C@H]12. The summed E-state index contributed by atoms with van der Waals surface area (Å²) in [5.74, 6) is 1.88. The molecule has 0 bridgehead atoms. The highest BCUT2D eigenvalue weighted by Crippen LogP contribution is 2.66. The highest BCUT2D eigenvalue weighted by atomic mass is 16.1. The molecule has 27 heavy (non-hydrogen) atoms. The van der Waals surface area contributed by atoms with E-state index in [1.54, 1.807) is 0 Å². The number of hydrogen-bond acceptors (Lipinski definition) is 3. The van der Waals surface area contributed by atoms with Crippen LogP contribution in [0, 0.1) is 39.9 Å². The quantitative estimate of drug-likeness (QED) is 0.658. The van der Waals surface area contributed by atoms with Crippen molar-refractivity contribution in [3.63, 3.8) is 0 Å². The molecule has 6 atom stereocenters. The van der Waals surface area contributed by atoms with Crippen LogP contribution in [0.5, 0.6) is 0 Å². The lowest BCUT2D eigenvalue weighted by atomic mass is 9.46. The molecule has 0 heterocycles. The molecule has 0 aromatic carbocycles. The van der Waals surface area contributed by atoms with E-state index in [9.17, 15) is 14.4 Å². The first-order chi connectivity index (χ1) is 12.5. The molecule has 4 aliphatic rings. The maximum absolute atomic E-state index is 13.3. The van der Waals surface area contributed by atoms with Gasteiger partial charge in [0, 0.05) is 29.6 Å². The summed E-state index contributed by atoms with van der Waals surface area (Å²) in [6.07, 6.45) is 7.90. The lowest BCUT2D eigenvalue weighted by Crippen LogP contribution is -2.52. The third-order valence-corrected chi connectivity index (χ3v) is 8.77. The first kappa shape index (κ1) is 19.1. The average molecular weight is 371 g/mol. The highest BCUT2D eigenvalue weighted by molar-refractivity contribution is 5.97. The van der Waals surface area contributed by atoms with E-state index < -0.39 is 5.41 Å². The van der Waals surface area contributed by atoms with Gasteiger partial charge in [-0.05, 0) is 61.3 Å². The van der Waals surface area contributed by atoms with Crippen LogP contribution in [0.25, 0.3) is 0 Å². The van der Waals surface area contributed by atoms with Gasteiger partial charge in [-0.3, -0.25) is 14.4 Å². The molecule has 4 aliphatic carbocycles. The van der Waals surface area contributed by atoms with E-state index in [4.69, 9.17) is 0 Å². The molecule has 3 fully saturated rings. The van der Waals surface area contributed by atoms with Crippen LogP contribution < -0.4 is 0 Å². The summed E-state index contributed by atoms with van der Waals surface area (Å²) in [6, 6.07) is 0. The number of carbonyl (C=O) groups excluding carboxylic acids is 3. The topological polar surface area (TPSA) is 51.2 Å². The van der Waals surface area contributed by atoms with Gasteiger partial charge >= 0.3 is 0 Å². The van der Waals surface area contributed by atoms with Gasteiger partial charge in [0.1, 0.15) is 11.6 Å². The van der Waals surface area contributed by atoms with Crippen LogP contribution in [-0.4, -0.2) is 17.3 Å². The normalized spacial score (nSPS) is 44.3. The van der Waals surface area contributed by atoms with Crippen LogP contribution >= 0.6 is 0 Å². The van der Waals surface area contributed by atoms with E-state index in [2.05, 4.69) is 13.8 Å². The molecule has 0 aliphatic heterocycles. The molecule has 148 valence electrons. The van der Waals surface area contributed by atoms with Crippen LogP contribution in [0.1, 0.15) is 79.6 Å². The zero-order valence-electron chi connectivity index (χ0n) is 17.6. The second kappa shape index (κ2) is 5.87. The Morgan fingerprint density at radius 2 is 1.74 bits per heavy atom. The summed E-state index contributed by atoms with van der Waals surface area (Å²) in [5, 5.41) is 0. The Morgan fingerprint density at radius 3 is 2.41 bits per heavy atom. The molecule has 0 amide bonds. The van der Waals surface area contributed by atoms with Crippen molar-refractivity contribution in [2.45, 2.75) is 79.6 Å². The monoisotopic (exact) mass is 370 g/mol. The van der Waals surface area contributed by atoms with Gasteiger partial charge in [-0.25, -0.2) is 0 Å². The summed E-state index contributed by atoms with van der Waals surface area (Å²) in [4.78, 5) is 38.3. The van der Waals surface area contributed by atoms with Gasteiger partial charge in [-0.15, -0.1) is 0 Å². The number of Topliss-reactive ketones (excluding diaryl/α,β-unsaturated/α-hetero) is 2. The Kier molecular flexibility index (Phi) is 4.15. The second-order valence-corrected chi connectivity index (χ2v) is 11.2. The summed E-state index contributed by atoms with van der Waals surface area (Å²) in [6.45, 7) is 10.5. The largest absolute Gasteiger partial charge is 0.299 e. The van der Waals surface area contributed by atoms with Gasteiger partial charge in [-0.1, -0.05) is 40.2 Å². The van der Waals surface area contributed by atoms with Crippen molar-refractivity contribution < 1.29 is 14.4 Å². The number of fused-ring (bicyclic) bond motifs is 5. The minimum absolute atomic E-state index is 0.0825. The van der Waals surface area contributed by atoms with Crippen molar-refractivity contribution in [3.05, 3.63) is 11.6 Å². The predicted octanol–water partition coefficient (Wildman–Crippen LogP) is 4.93. The van der Waals surface area contributed by atoms with Crippen molar-refractivity contribution in [1.29, 1.82) is 0 Å². The molecule has 0 aromatic heterocycles. The molecule has 3 heteroatoms. The summed E-state index contributed by atoms with van der Waals surface area (Å²) in [5.41, 5.74) is 0.699. The van der Waals surface area contributed by atoms with E-state index in [1.807, 2.05) is 26.8 Å². The van der Waals surface area contributed by atoms with Gasteiger partial charge < -0.3 is 0 Å². The minimum Gasteiger partial charge on any atom is -0.299 e. The highest BCUT2D eigenvalue weighted by Gasteiger charge is 2.63. The van der Waals surface area contributed by atoms with Crippen LogP contribution in [0.2, 0.25) is 0 Å². The fourth-order valence-corrected chi connectivity index (χ4v) is 7.25. The lowest BCUT2D eigenvalue weighted by molar-refractivity contribution is -0.138. The molecule has 3 nitrogen and oxygen atoms in total. The van der Waals surface area contributed by atoms with Crippen molar-refractivity contribution >= 4 is 17.3 Å². The molecular formula is C24H34O3. The third-order valence-electron chi connectivity index (χ3n) is 8.77. The van der Waals surface area contributed by atoms with E-state index in [1.165, 1.54) is 5.57 Å². The Labute approximate surface area is 163 Å². The number of ketones is 3. The van der Waals surface area contributed by atoms with E-state index in [-0.39, 0.29) is 34.2 Å². The van der Waals surface area contributed by atoms with Gasteiger partial charge in [0.05, 0.1) is 0 Å². The number of allylic oxidation sites excluding steroid dienone is 1. The molecule has 0 spiro atoms. The maximum Gasteiger partial charge on any atom is 0.155 e. The van der Waals surface area contributed by atoms with Gasteiger partial charge in [0.25, 0.3) is 0 Å². The fraction of sp³-hybridized carbons (Fsp3) is 0.792. The predicted molar refractivity (Wildman–Crippen MR) is 105 cm³/mol. The molecular weight excluding hydrogens is 336 g/mol. The van der Waals surface area contributed by atoms with Crippen LogP contribution in [0.4, 0.5) is 0 Å². The summed E-state index contributed by atoms with van der Waals surface area (Å²) < 4.78 is 0. The van der Waals surface area contributed by atoms with Crippen molar-refractivity contribution in [1.82, 2.24) is 0 Å². The Morgan fingerprint density at radius 1 is 1.04 bits per heavy atom. The molecule has 4 rings (SSSR count). The summed E-state index contributed by atoms with van der Waals surface area (Å²) in [7, 11) is 0. The van der Waals surface area contributed by atoms with Gasteiger partial charge in [-0.2, -0.15) is 0 Å². The van der Waals surface area contributed by atoms with Crippen LogP contribution in [0.3, 0.4) is 0 Å². The van der Waals surface area contributed by atoms with Gasteiger partial charge in [0.15, 0.2) is 5.78 Å². The molecule has 0 saturated heterocycles. The van der Waals surface area contributed by atoms with E-state index >= 15 is 0 Å². The fourth-order valence-electron chi connectivity index (χ4n) is 7.25. The number of carbonyl (C=O) groups is 3.